The van der Waals surface area contributed by atoms with E-state index in [1.165, 1.54) is 0 Å². The van der Waals surface area contributed by atoms with Crippen molar-refractivity contribution >= 4 is 48.9 Å². The topological polar surface area (TPSA) is 60.4 Å². The molecule has 112 valence electrons. The summed E-state index contributed by atoms with van der Waals surface area (Å²) in [5.41, 5.74) is -0.124. The first-order chi connectivity index (χ1) is 9.16. The minimum Gasteiger partial charge on any atom is -0.459 e. The predicted molar refractivity (Wildman–Crippen MR) is 79.3 cm³/mol. The zero-order valence-corrected chi connectivity index (χ0v) is 13.9. The lowest BCUT2D eigenvalue weighted by Gasteiger charge is -2.13. The highest BCUT2D eigenvalue weighted by molar-refractivity contribution is 8.13. The van der Waals surface area contributed by atoms with Crippen molar-refractivity contribution in [3.8, 4) is 0 Å². The van der Waals surface area contributed by atoms with Crippen molar-refractivity contribution in [1.29, 1.82) is 0 Å². The van der Waals surface area contributed by atoms with Gasteiger partial charge in [0, 0.05) is 10.7 Å². The second-order valence-corrected chi connectivity index (χ2v) is 7.56. The van der Waals surface area contributed by atoms with Gasteiger partial charge in [-0.15, -0.1) is 0 Å². The van der Waals surface area contributed by atoms with Gasteiger partial charge < -0.3 is 4.74 Å². The number of esters is 1. The summed E-state index contributed by atoms with van der Waals surface area (Å²) in [5, 5.41) is -0.145. The van der Waals surface area contributed by atoms with Gasteiger partial charge in [-0.3, -0.25) is 0 Å². The zero-order valence-electron chi connectivity index (χ0n) is 10.8. The molecule has 0 saturated carbocycles. The smallest absolute Gasteiger partial charge is 0.340 e. The van der Waals surface area contributed by atoms with Crippen LogP contribution in [0.2, 0.25) is 10.0 Å². The Kier molecular flexibility index (Phi) is 6.13. The highest BCUT2D eigenvalue weighted by Gasteiger charge is 2.22. The fraction of sp³-hybridized carbons (Fsp3) is 0.417. The van der Waals surface area contributed by atoms with E-state index in [0.717, 1.165) is 18.6 Å². The minimum absolute atomic E-state index is 0.0653. The molecule has 0 radical (unpaired) electrons. The Hall–Kier alpha value is -0.490. The molecule has 0 aromatic heterocycles. The number of halogens is 3. The van der Waals surface area contributed by atoms with Gasteiger partial charge in [-0.2, -0.15) is 0 Å². The van der Waals surface area contributed by atoms with Gasteiger partial charge in [0.1, 0.15) is 0 Å². The fourth-order valence-electron chi connectivity index (χ4n) is 1.57. The molecule has 8 heteroatoms. The molecule has 0 saturated heterocycles. The van der Waals surface area contributed by atoms with E-state index in [1.807, 2.05) is 6.92 Å². The van der Waals surface area contributed by atoms with Crippen LogP contribution in [0.1, 0.15) is 37.0 Å². The van der Waals surface area contributed by atoms with Gasteiger partial charge in [0.15, 0.2) is 0 Å². The molecule has 20 heavy (non-hydrogen) atoms. The van der Waals surface area contributed by atoms with Crippen LogP contribution >= 0.6 is 33.9 Å². The summed E-state index contributed by atoms with van der Waals surface area (Å²) in [5.74, 6) is -0.736. The molecule has 4 nitrogen and oxygen atoms in total. The Morgan fingerprint density at radius 3 is 2.45 bits per heavy atom. The summed E-state index contributed by atoms with van der Waals surface area (Å²) in [6, 6.07) is 2.13. The molecule has 1 aromatic rings. The van der Waals surface area contributed by atoms with Crippen LogP contribution in [0.15, 0.2) is 17.0 Å². The first kappa shape index (κ1) is 17.6. The van der Waals surface area contributed by atoms with Gasteiger partial charge in [0.25, 0.3) is 9.05 Å². The minimum atomic E-state index is -4.02. The van der Waals surface area contributed by atoms with E-state index >= 15 is 0 Å². The predicted octanol–water partition coefficient (Wildman–Crippen LogP) is 4.27. The zero-order chi connectivity index (χ0) is 15.5. The van der Waals surface area contributed by atoms with E-state index < -0.39 is 15.0 Å². The summed E-state index contributed by atoms with van der Waals surface area (Å²) in [7, 11) is 1.22. The van der Waals surface area contributed by atoms with E-state index in [9.17, 15) is 13.2 Å². The van der Waals surface area contributed by atoms with Gasteiger partial charge in [0.05, 0.1) is 26.6 Å². The van der Waals surface area contributed by atoms with Crippen molar-refractivity contribution in [2.75, 3.05) is 0 Å². The molecule has 0 aliphatic heterocycles. The average molecular weight is 360 g/mol. The largest absolute Gasteiger partial charge is 0.459 e. The van der Waals surface area contributed by atoms with Gasteiger partial charge in [-0.25, -0.2) is 13.2 Å². The number of carbonyl (C=O) groups is 1. The Morgan fingerprint density at radius 2 is 1.95 bits per heavy atom. The van der Waals surface area contributed by atoms with Crippen LogP contribution in [0.25, 0.3) is 0 Å². The maximum absolute atomic E-state index is 12.0. The second kappa shape index (κ2) is 6.98. The Bertz CT molecular complexity index is 613. The lowest BCUT2D eigenvalue weighted by Crippen LogP contribution is -2.15. The van der Waals surface area contributed by atoms with Crippen molar-refractivity contribution in [3.05, 3.63) is 27.7 Å². The van der Waals surface area contributed by atoms with Gasteiger partial charge in [0.2, 0.25) is 0 Å². The molecule has 0 aliphatic rings. The van der Waals surface area contributed by atoms with Crippen LogP contribution in [0.3, 0.4) is 0 Å². The van der Waals surface area contributed by atoms with Crippen LogP contribution in [-0.2, 0) is 13.8 Å². The standard InChI is InChI=1S/C12H13Cl3O4S/c1-3-4-7(2)19-12(16)9-5-8(20(15,17)18)6-10(13)11(9)14/h5-7H,3-4H2,1-2H3. The number of carbonyl (C=O) groups excluding carboxylic acids is 1. The number of ether oxygens (including phenoxy) is 1. The summed E-state index contributed by atoms with van der Waals surface area (Å²) >= 11 is 11.7. The molecule has 0 N–H and O–H groups in total. The van der Waals surface area contributed by atoms with E-state index in [4.69, 9.17) is 38.6 Å². The normalized spacial score (nSPS) is 13.1. The number of hydrogen-bond acceptors (Lipinski definition) is 4. The lowest BCUT2D eigenvalue weighted by molar-refractivity contribution is 0.0323. The SMILES string of the molecule is CCCC(C)OC(=O)c1cc(S(=O)(=O)Cl)cc(Cl)c1Cl. The third kappa shape index (κ3) is 4.52. The average Bonchev–Trinajstić information content (AvgIpc) is 2.31. The fourth-order valence-corrected chi connectivity index (χ4v) is 2.82. The number of benzene rings is 1. The van der Waals surface area contributed by atoms with Crippen LogP contribution in [-0.4, -0.2) is 20.5 Å². The molecule has 0 aliphatic carbocycles. The van der Waals surface area contributed by atoms with E-state index in [1.54, 1.807) is 6.92 Å². The Labute approximate surface area is 132 Å². The first-order valence-corrected chi connectivity index (χ1v) is 8.88. The molecule has 0 amide bonds. The highest BCUT2D eigenvalue weighted by atomic mass is 35.7. The van der Waals surface area contributed by atoms with Gasteiger partial charge in [-0.05, 0) is 25.5 Å². The van der Waals surface area contributed by atoms with E-state index in [2.05, 4.69) is 0 Å². The van der Waals surface area contributed by atoms with E-state index in [0.29, 0.717) is 6.42 Å². The van der Waals surface area contributed by atoms with Gasteiger partial charge in [-0.1, -0.05) is 36.5 Å². The quantitative estimate of drug-likeness (QED) is 0.582. The second-order valence-electron chi connectivity index (χ2n) is 4.21. The number of rotatable bonds is 5. The first-order valence-electron chi connectivity index (χ1n) is 5.81. The Morgan fingerprint density at radius 1 is 1.35 bits per heavy atom. The van der Waals surface area contributed by atoms with Crippen LogP contribution in [0.5, 0.6) is 0 Å². The van der Waals surface area contributed by atoms with Crippen LogP contribution < -0.4 is 0 Å². The van der Waals surface area contributed by atoms with Crippen molar-refractivity contribution in [2.45, 2.75) is 37.7 Å². The van der Waals surface area contributed by atoms with Crippen LogP contribution in [0.4, 0.5) is 0 Å². The molecular weight excluding hydrogens is 347 g/mol. The van der Waals surface area contributed by atoms with Crippen molar-refractivity contribution < 1.29 is 17.9 Å². The highest BCUT2D eigenvalue weighted by Crippen LogP contribution is 2.31. The van der Waals surface area contributed by atoms with Crippen molar-refractivity contribution in [3.63, 3.8) is 0 Å². The summed E-state index contributed by atoms with van der Waals surface area (Å²) in [6.07, 6.45) is 1.22. The summed E-state index contributed by atoms with van der Waals surface area (Å²) < 4.78 is 27.8. The monoisotopic (exact) mass is 358 g/mol. The molecule has 0 fully saturated rings. The number of hydrogen-bond donors (Lipinski definition) is 0. The summed E-state index contributed by atoms with van der Waals surface area (Å²) in [4.78, 5) is 11.7. The molecule has 1 unspecified atom stereocenters. The molecular formula is C12H13Cl3O4S. The molecule has 0 spiro atoms. The summed E-state index contributed by atoms with van der Waals surface area (Å²) in [6.45, 7) is 3.69. The molecule has 0 bridgehead atoms. The molecule has 0 heterocycles. The Balaban J connectivity index is 3.17. The maximum Gasteiger partial charge on any atom is 0.340 e. The maximum atomic E-state index is 12.0. The lowest BCUT2D eigenvalue weighted by atomic mass is 10.2. The van der Waals surface area contributed by atoms with E-state index in [-0.39, 0.29) is 26.6 Å². The van der Waals surface area contributed by atoms with Gasteiger partial charge >= 0.3 is 5.97 Å². The van der Waals surface area contributed by atoms with Crippen LogP contribution in [0, 0.1) is 0 Å². The third-order valence-electron chi connectivity index (χ3n) is 2.51. The third-order valence-corrected chi connectivity index (χ3v) is 4.64. The van der Waals surface area contributed by atoms with Crippen molar-refractivity contribution in [1.82, 2.24) is 0 Å². The van der Waals surface area contributed by atoms with Crippen molar-refractivity contribution in [2.24, 2.45) is 0 Å². The molecule has 1 atom stereocenters. The molecule has 1 aromatic carbocycles. The molecule has 1 rings (SSSR count).